The summed E-state index contributed by atoms with van der Waals surface area (Å²) in [5, 5.41) is 10.9. The van der Waals surface area contributed by atoms with Crippen molar-refractivity contribution in [2.45, 2.75) is 12.1 Å². The molecule has 1 saturated heterocycles. The molecule has 3 rings (SSSR count). The first-order valence-corrected chi connectivity index (χ1v) is 8.81. The first-order valence-electron chi connectivity index (χ1n) is 8.01. The molecule has 1 fully saturated rings. The minimum Gasteiger partial charge on any atom is -0.383 e. The topological polar surface area (TPSA) is 49.8 Å². The van der Waals surface area contributed by atoms with Crippen molar-refractivity contribution < 1.29 is 14.6 Å². The molecule has 0 amide bonds. The molecule has 1 aliphatic heterocycles. The number of nitrogens with zero attached hydrogens (tertiary/aromatic N) is 1. The first-order chi connectivity index (χ1) is 11.7. The number of aliphatic hydroxyl groups excluding tert-OH is 1. The molecule has 1 heterocycles. The summed E-state index contributed by atoms with van der Waals surface area (Å²) in [6.07, 6.45) is -1.12. The van der Waals surface area contributed by atoms with Gasteiger partial charge in [-0.25, -0.2) is 0 Å². The highest BCUT2D eigenvalue weighted by Gasteiger charge is 2.33. The molecule has 1 aliphatic rings. The van der Waals surface area contributed by atoms with Crippen LogP contribution in [0.25, 0.3) is 0 Å². The van der Waals surface area contributed by atoms with E-state index in [4.69, 9.17) is 4.74 Å². The van der Waals surface area contributed by atoms with Crippen LogP contribution in [0.3, 0.4) is 0 Å². The Morgan fingerprint density at radius 1 is 1.04 bits per heavy atom. The van der Waals surface area contributed by atoms with Gasteiger partial charge < -0.3 is 9.84 Å². The van der Waals surface area contributed by atoms with Crippen molar-refractivity contribution in [2.24, 2.45) is 0 Å². The van der Waals surface area contributed by atoms with E-state index in [1.165, 1.54) is 0 Å². The molecule has 0 spiro atoms. The van der Waals surface area contributed by atoms with Gasteiger partial charge in [0.1, 0.15) is 6.10 Å². The van der Waals surface area contributed by atoms with Crippen molar-refractivity contribution >= 4 is 21.7 Å². The normalized spacial score (nSPS) is 18.1. The molecule has 4 nitrogen and oxygen atoms in total. The third-order valence-electron chi connectivity index (χ3n) is 4.28. The van der Waals surface area contributed by atoms with E-state index in [1.807, 2.05) is 42.5 Å². The van der Waals surface area contributed by atoms with E-state index < -0.39 is 6.10 Å². The molecular formula is C19H20BrNO3. The summed E-state index contributed by atoms with van der Waals surface area (Å²) in [6.45, 7) is 2.61. The number of aliphatic hydroxyl groups is 1. The first kappa shape index (κ1) is 17.3. The van der Waals surface area contributed by atoms with Gasteiger partial charge in [-0.3, -0.25) is 9.69 Å². The Morgan fingerprint density at radius 3 is 2.29 bits per heavy atom. The smallest absolute Gasteiger partial charge is 0.193 e. The van der Waals surface area contributed by atoms with Crippen molar-refractivity contribution in [3.63, 3.8) is 0 Å². The van der Waals surface area contributed by atoms with Gasteiger partial charge in [-0.1, -0.05) is 58.4 Å². The Bertz CT molecular complexity index is 669. The third kappa shape index (κ3) is 3.92. The van der Waals surface area contributed by atoms with Crippen molar-refractivity contribution in [2.75, 3.05) is 26.3 Å². The Labute approximate surface area is 150 Å². The lowest BCUT2D eigenvalue weighted by Gasteiger charge is -2.37. The molecule has 2 aromatic carbocycles. The van der Waals surface area contributed by atoms with Crippen molar-refractivity contribution in [3.8, 4) is 0 Å². The molecule has 0 bridgehead atoms. The summed E-state index contributed by atoms with van der Waals surface area (Å²) in [5.74, 6) is -0.255. The van der Waals surface area contributed by atoms with Crippen molar-refractivity contribution in [1.29, 1.82) is 0 Å². The predicted octanol–water partition coefficient (Wildman–Crippen LogP) is 3.07. The molecule has 0 saturated carbocycles. The highest BCUT2D eigenvalue weighted by atomic mass is 79.9. The number of Topliss-reactive ketones (excluding diaryl/α,β-unsaturated/α-hetero) is 1. The van der Waals surface area contributed by atoms with E-state index in [0.717, 1.165) is 10.0 Å². The summed E-state index contributed by atoms with van der Waals surface area (Å²) in [5.41, 5.74) is 1.46. The van der Waals surface area contributed by atoms with Crippen LogP contribution in [0.5, 0.6) is 0 Å². The van der Waals surface area contributed by atoms with Crippen LogP contribution in [-0.4, -0.2) is 48.2 Å². The Balaban J connectivity index is 1.91. The summed E-state index contributed by atoms with van der Waals surface area (Å²) >= 11 is 3.43. The number of rotatable bonds is 5. The minimum atomic E-state index is -1.12. The quantitative estimate of drug-likeness (QED) is 0.798. The average Bonchev–Trinajstić information content (AvgIpc) is 2.64. The van der Waals surface area contributed by atoms with E-state index in [-0.39, 0.29) is 11.8 Å². The lowest BCUT2D eigenvalue weighted by atomic mass is 9.93. The summed E-state index contributed by atoms with van der Waals surface area (Å²) in [4.78, 5) is 14.9. The maximum Gasteiger partial charge on any atom is 0.193 e. The number of carbonyl (C=O) groups is 1. The van der Waals surface area contributed by atoms with Crippen LogP contribution in [0.4, 0.5) is 0 Å². The lowest BCUT2D eigenvalue weighted by Crippen LogP contribution is -2.46. The van der Waals surface area contributed by atoms with E-state index in [9.17, 15) is 9.90 Å². The van der Waals surface area contributed by atoms with Crippen LogP contribution in [0, 0.1) is 0 Å². The second kappa shape index (κ2) is 8.03. The number of carbonyl (C=O) groups excluding carboxylic acids is 1. The maximum absolute atomic E-state index is 12.8. The Hall–Kier alpha value is -1.53. The van der Waals surface area contributed by atoms with Crippen LogP contribution < -0.4 is 0 Å². The fourth-order valence-electron chi connectivity index (χ4n) is 3.02. The van der Waals surface area contributed by atoms with E-state index in [0.29, 0.717) is 31.9 Å². The zero-order chi connectivity index (χ0) is 16.9. The van der Waals surface area contributed by atoms with Gasteiger partial charge in [0.05, 0.1) is 19.3 Å². The fraction of sp³-hybridized carbons (Fsp3) is 0.316. The van der Waals surface area contributed by atoms with Crippen LogP contribution in [-0.2, 0) is 4.74 Å². The lowest BCUT2D eigenvalue weighted by molar-refractivity contribution is -0.0172. The molecule has 0 aromatic heterocycles. The van der Waals surface area contributed by atoms with Crippen LogP contribution in [0.15, 0.2) is 59.1 Å². The number of ketones is 1. The Morgan fingerprint density at radius 2 is 1.67 bits per heavy atom. The predicted molar refractivity (Wildman–Crippen MR) is 96.1 cm³/mol. The number of ether oxygens (including phenoxy) is 1. The molecule has 1 N–H and O–H groups in total. The number of morpholine rings is 1. The zero-order valence-electron chi connectivity index (χ0n) is 13.3. The standard InChI is InChI=1S/C19H20BrNO3/c20-16-8-6-14(7-9-16)17(21-10-12-24-13-11-21)19(23)18(22)15-4-2-1-3-5-15/h1-9,17,19,23H,10-13H2. The van der Waals surface area contributed by atoms with E-state index in [2.05, 4.69) is 20.8 Å². The van der Waals surface area contributed by atoms with Crippen LogP contribution >= 0.6 is 15.9 Å². The highest BCUT2D eigenvalue weighted by Crippen LogP contribution is 2.28. The van der Waals surface area contributed by atoms with Gasteiger partial charge in [-0.2, -0.15) is 0 Å². The number of benzene rings is 2. The van der Waals surface area contributed by atoms with Crippen LogP contribution in [0.1, 0.15) is 22.0 Å². The highest BCUT2D eigenvalue weighted by molar-refractivity contribution is 9.10. The number of halogens is 1. The molecule has 2 unspecified atom stereocenters. The average molecular weight is 390 g/mol. The SMILES string of the molecule is O=C(c1ccccc1)C(O)C(c1ccc(Br)cc1)N1CCOCC1. The van der Waals surface area contributed by atoms with Crippen molar-refractivity contribution in [1.82, 2.24) is 4.90 Å². The van der Waals surface area contributed by atoms with Gasteiger partial charge in [0, 0.05) is 23.1 Å². The largest absolute Gasteiger partial charge is 0.383 e. The minimum absolute atomic E-state index is 0.255. The second-order valence-electron chi connectivity index (χ2n) is 5.82. The van der Waals surface area contributed by atoms with E-state index in [1.54, 1.807) is 12.1 Å². The number of hydrogen-bond acceptors (Lipinski definition) is 4. The molecule has 126 valence electrons. The summed E-state index contributed by atoms with van der Waals surface area (Å²) in [7, 11) is 0. The summed E-state index contributed by atoms with van der Waals surface area (Å²) in [6, 6.07) is 16.3. The van der Waals surface area contributed by atoms with Gasteiger partial charge in [0.25, 0.3) is 0 Å². The zero-order valence-corrected chi connectivity index (χ0v) is 14.9. The summed E-state index contributed by atoms with van der Waals surface area (Å²) < 4.78 is 6.38. The molecule has 2 atom stereocenters. The van der Waals surface area contributed by atoms with Crippen LogP contribution in [0.2, 0.25) is 0 Å². The maximum atomic E-state index is 12.8. The Kier molecular flexibility index (Phi) is 5.79. The molecular weight excluding hydrogens is 370 g/mol. The fourth-order valence-corrected chi connectivity index (χ4v) is 3.29. The monoisotopic (exact) mass is 389 g/mol. The van der Waals surface area contributed by atoms with E-state index >= 15 is 0 Å². The molecule has 0 aliphatic carbocycles. The van der Waals surface area contributed by atoms with Gasteiger partial charge in [-0.15, -0.1) is 0 Å². The van der Waals surface area contributed by atoms with Crippen molar-refractivity contribution in [3.05, 3.63) is 70.2 Å². The molecule has 5 heteroatoms. The van der Waals surface area contributed by atoms with Gasteiger partial charge in [0.15, 0.2) is 5.78 Å². The number of hydrogen-bond donors (Lipinski definition) is 1. The molecule has 0 radical (unpaired) electrons. The third-order valence-corrected chi connectivity index (χ3v) is 4.81. The molecule has 2 aromatic rings. The van der Waals surface area contributed by atoms with Gasteiger partial charge >= 0.3 is 0 Å². The van der Waals surface area contributed by atoms with Gasteiger partial charge in [-0.05, 0) is 17.7 Å². The molecule has 24 heavy (non-hydrogen) atoms. The van der Waals surface area contributed by atoms with Gasteiger partial charge in [0.2, 0.25) is 0 Å². The second-order valence-corrected chi connectivity index (χ2v) is 6.74.